The van der Waals surface area contributed by atoms with Gasteiger partial charge in [-0.15, -0.1) is 24.0 Å². The van der Waals surface area contributed by atoms with Crippen LogP contribution in [-0.2, 0) is 13.1 Å². The van der Waals surface area contributed by atoms with E-state index in [-0.39, 0.29) is 24.0 Å². The molecule has 0 atom stereocenters. The molecule has 0 aliphatic rings. The van der Waals surface area contributed by atoms with Crippen molar-refractivity contribution in [2.75, 3.05) is 39.8 Å². The lowest BCUT2D eigenvalue weighted by Crippen LogP contribution is -2.36. The topological polar surface area (TPSA) is 58.1 Å². The maximum absolute atomic E-state index is 5.36. The first-order valence-corrected chi connectivity index (χ1v) is 9.06. The molecule has 0 unspecified atom stereocenters. The minimum atomic E-state index is 0. The Kier molecular flexibility index (Phi) is 10.5. The maximum Gasteiger partial charge on any atom is 0.191 e. The molecule has 0 saturated carbocycles. The van der Waals surface area contributed by atoms with Crippen molar-refractivity contribution in [3.05, 3.63) is 53.6 Å². The standard InChI is InChI=1S/C21H30N4O2.HI/c1-6-22-21(23-14-16-8-7-9-18(12-16)25(2)3)24-15-17-10-11-19(26-4)20(13-17)27-5;/h7-13H,6,14-15H2,1-5H3,(H2,22,23,24);1H. The second-order valence-corrected chi connectivity index (χ2v) is 6.30. The predicted octanol–water partition coefficient (Wildman–Crippen LogP) is 3.64. The van der Waals surface area contributed by atoms with Gasteiger partial charge in [0.2, 0.25) is 0 Å². The number of benzene rings is 2. The molecule has 154 valence electrons. The van der Waals surface area contributed by atoms with E-state index in [1.807, 2.05) is 32.3 Å². The number of anilines is 1. The lowest BCUT2D eigenvalue weighted by molar-refractivity contribution is 0.354. The van der Waals surface area contributed by atoms with Crippen LogP contribution in [0, 0.1) is 0 Å². The highest BCUT2D eigenvalue weighted by atomic mass is 127. The molecular weight excluding hydrogens is 467 g/mol. The summed E-state index contributed by atoms with van der Waals surface area (Å²) in [5.41, 5.74) is 3.43. The van der Waals surface area contributed by atoms with E-state index in [4.69, 9.17) is 14.5 Å². The number of nitrogens with zero attached hydrogens (tertiary/aromatic N) is 2. The molecule has 28 heavy (non-hydrogen) atoms. The number of aliphatic imine (C=N–C) groups is 1. The number of rotatable bonds is 8. The van der Waals surface area contributed by atoms with Crippen LogP contribution < -0.4 is 25.0 Å². The van der Waals surface area contributed by atoms with Crippen LogP contribution in [0.2, 0.25) is 0 Å². The predicted molar refractivity (Wildman–Crippen MR) is 127 cm³/mol. The molecule has 0 bridgehead atoms. The third-order valence-corrected chi connectivity index (χ3v) is 4.10. The van der Waals surface area contributed by atoms with Crippen molar-refractivity contribution in [2.45, 2.75) is 20.0 Å². The zero-order valence-electron chi connectivity index (χ0n) is 17.3. The molecule has 0 aliphatic carbocycles. The molecule has 0 saturated heterocycles. The zero-order valence-corrected chi connectivity index (χ0v) is 19.6. The third-order valence-electron chi connectivity index (χ3n) is 4.10. The molecule has 6 nitrogen and oxygen atoms in total. The molecule has 2 rings (SSSR count). The molecule has 2 aromatic rings. The van der Waals surface area contributed by atoms with Crippen molar-refractivity contribution in [3.8, 4) is 11.5 Å². The van der Waals surface area contributed by atoms with Gasteiger partial charge in [0.05, 0.1) is 20.8 Å². The summed E-state index contributed by atoms with van der Waals surface area (Å²) in [5, 5.41) is 6.65. The van der Waals surface area contributed by atoms with E-state index in [9.17, 15) is 0 Å². The quantitative estimate of drug-likeness (QED) is 0.331. The maximum atomic E-state index is 5.36. The van der Waals surface area contributed by atoms with Crippen molar-refractivity contribution in [1.82, 2.24) is 10.6 Å². The normalized spacial score (nSPS) is 10.7. The molecular formula is C21H31IN4O2. The van der Waals surface area contributed by atoms with Crippen molar-refractivity contribution in [3.63, 3.8) is 0 Å². The fraction of sp³-hybridized carbons (Fsp3) is 0.381. The van der Waals surface area contributed by atoms with Crippen LogP contribution >= 0.6 is 24.0 Å². The van der Waals surface area contributed by atoms with E-state index in [0.29, 0.717) is 13.1 Å². The van der Waals surface area contributed by atoms with Gasteiger partial charge in [-0.25, -0.2) is 4.99 Å². The van der Waals surface area contributed by atoms with E-state index in [0.717, 1.165) is 29.6 Å². The summed E-state index contributed by atoms with van der Waals surface area (Å²) >= 11 is 0. The van der Waals surface area contributed by atoms with Gasteiger partial charge >= 0.3 is 0 Å². The van der Waals surface area contributed by atoms with E-state index in [2.05, 4.69) is 46.7 Å². The minimum absolute atomic E-state index is 0. The zero-order chi connectivity index (χ0) is 19.6. The van der Waals surface area contributed by atoms with Gasteiger partial charge in [-0.3, -0.25) is 0 Å². The van der Waals surface area contributed by atoms with Crippen LogP contribution in [0.5, 0.6) is 11.5 Å². The molecule has 7 heteroatoms. The van der Waals surface area contributed by atoms with Crippen LogP contribution in [0.15, 0.2) is 47.5 Å². The van der Waals surface area contributed by atoms with Gasteiger partial charge in [0, 0.05) is 32.9 Å². The van der Waals surface area contributed by atoms with Crippen LogP contribution in [0.3, 0.4) is 0 Å². The molecule has 0 aliphatic heterocycles. The summed E-state index contributed by atoms with van der Waals surface area (Å²) in [6.45, 7) is 4.11. The van der Waals surface area contributed by atoms with Gasteiger partial charge in [0.25, 0.3) is 0 Å². The Hall–Kier alpha value is -2.16. The van der Waals surface area contributed by atoms with E-state index in [1.165, 1.54) is 11.3 Å². The van der Waals surface area contributed by atoms with Crippen LogP contribution in [0.25, 0.3) is 0 Å². The summed E-state index contributed by atoms with van der Waals surface area (Å²) in [6, 6.07) is 14.3. The summed E-state index contributed by atoms with van der Waals surface area (Å²) in [7, 11) is 7.35. The third kappa shape index (κ3) is 7.10. The lowest BCUT2D eigenvalue weighted by Gasteiger charge is -2.14. The summed E-state index contributed by atoms with van der Waals surface area (Å²) in [4.78, 5) is 6.79. The van der Waals surface area contributed by atoms with E-state index < -0.39 is 0 Å². The van der Waals surface area contributed by atoms with Crippen molar-refractivity contribution >= 4 is 35.6 Å². The smallest absolute Gasteiger partial charge is 0.191 e. The average molecular weight is 498 g/mol. The van der Waals surface area contributed by atoms with Crippen molar-refractivity contribution in [1.29, 1.82) is 0 Å². The number of hydrogen-bond acceptors (Lipinski definition) is 4. The number of guanidine groups is 1. The van der Waals surface area contributed by atoms with Gasteiger partial charge in [-0.05, 0) is 42.3 Å². The number of halogens is 1. The summed E-state index contributed by atoms with van der Waals surface area (Å²) in [6.07, 6.45) is 0. The Morgan fingerprint density at radius 2 is 1.71 bits per heavy atom. The van der Waals surface area contributed by atoms with Gasteiger partial charge in [0.15, 0.2) is 17.5 Å². The second-order valence-electron chi connectivity index (χ2n) is 6.30. The van der Waals surface area contributed by atoms with Crippen LogP contribution in [0.4, 0.5) is 5.69 Å². The number of ether oxygens (including phenoxy) is 2. The Bertz CT molecular complexity index is 766. The monoisotopic (exact) mass is 498 g/mol. The molecule has 2 N–H and O–H groups in total. The Labute approximate surface area is 185 Å². The summed E-state index contributed by atoms with van der Waals surface area (Å²) < 4.78 is 10.6. The molecule has 0 aromatic heterocycles. The van der Waals surface area contributed by atoms with E-state index in [1.54, 1.807) is 14.2 Å². The lowest BCUT2D eigenvalue weighted by atomic mass is 10.2. The van der Waals surface area contributed by atoms with Gasteiger partial charge in [-0.2, -0.15) is 0 Å². The molecule has 2 aromatic carbocycles. The summed E-state index contributed by atoms with van der Waals surface area (Å²) in [5.74, 6) is 2.23. The van der Waals surface area contributed by atoms with Crippen LogP contribution in [-0.4, -0.2) is 40.8 Å². The second kappa shape index (κ2) is 12.3. The van der Waals surface area contributed by atoms with Crippen LogP contribution in [0.1, 0.15) is 18.1 Å². The molecule has 0 heterocycles. The SMILES string of the molecule is CCNC(=NCc1cccc(N(C)C)c1)NCc1ccc(OC)c(OC)c1.I. The van der Waals surface area contributed by atoms with Gasteiger partial charge in [-0.1, -0.05) is 18.2 Å². The Morgan fingerprint density at radius 1 is 0.964 bits per heavy atom. The highest BCUT2D eigenvalue weighted by Crippen LogP contribution is 2.27. The Morgan fingerprint density at radius 3 is 2.36 bits per heavy atom. The molecule has 0 spiro atoms. The highest BCUT2D eigenvalue weighted by molar-refractivity contribution is 14.0. The molecule has 0 amide bonds. The number of nitrogens with one attached hydrogen (secondary N) is 2. The molecule has 0 fully saturated rings. The molecule has 0 radical (unpaired) electrons. The van der Waals surface area contributed by atoms with Crippen molar-refractivity contribution in [2.24, 2.45) is 4.99 Å². The first-order chi connectivity index (χ1) is 13.1. The fourth-order valence-corrected chi connectivity index (χ4v) is 2.62. The number of methoxy groups -OCH3 is 2. The van der Waals surface area contributed by atoms with Crippen molar-refractivity contribution < 1.29 is 9.47 Å². The van der Waals surface area contributed by atoms with Gasteiger partial charge < -0.3 is 25.0 Å². The largest absolute Gasteiger partial charge is 0.493 e. The highest BCUT2D eigenvalue weighted by Gasteiger charge is 2.05. The first kappa shape index (κ1) is 23.9. The average Bonchev–Trinajstić information content (AvgIpc) is 2.70. The van der Waals surface area contributed by atoms with Gasteiger partial charge in [0.1, 0.15) is 0 Å². The van der Waals surface area contributed by atoms with E-state index >= 15 is 0 Å². The first-order valence-electron chi connectivity index (χ1n) is 9.06. The number of hydrogen-bond donors (Lipinski definition) is 2. The fourth-order valence-electron chi connectivity index (χ4n) is 2.62. The minimum Gasteiger partial charge on any atom is -0.493 e. The Balaban J connectivity index is 0.00000392.